The van der Waals surface area contributed by atoms with Crippen molar-refractivity contribution >= 4 is 28.0 Å². The van der Waals surface area contributed by atoms with E-state index in [-0.39, 0.29) is 24.1 Å². The number of benzene rings is 1. The van der Waals surface area contributed by atoms with Crippen molar-refractivity contribution < 1.29 is 4.79 Å². The molecule has 3 aromatic heterocycles. The minimum absolute atomic E-state index is 0.124. The van der Waals surface area contributed by atoms with Crippen LogP contribution < -0.4 is 10.9 Å². The smallest absolute Gasteiger partial charge is 0.264 e. The number of aromatic amines is 1. The van der Waals surface area contributed by atoms with Gasteiger partial charge in [0.25, 0.3) is 5.56 Å². The van der Waals surface area contributed by atoms with Crippen molar-refractivity contribution in [3.8, 4) is 0 Å². The summed E-state index contributed by atoms with van der Waals surface area (Å²) in [7, 11) is 1.71. The maximum atomic E-state index is 12.4. The van der Waals surface area contributed by atoms with Gasteiger partial charge in [-0.3, -0.25) is 18.8 Å². The number of hydrogen-bond acceptors (Lipinski definition) is 5. The van der Waals surface area contributed by atoms with Gasteiger partial charge < -0.3 is 10.3 Å². The van der Waals surface area contributed by atoms with Gasteiger partial charge in [0.2, 0.25) is 5.91 Å². The van der Waals surface area contributed by atoms with Crippen LogP contribution in [-0.2, 0) is 18.4 Å². The number of nitrogens with one attached hydrogen (secondary N) is 2. The van der Waals surface area contributed by atoms with E-state index in [9.17, 15) is 9.59 Å². The normalized spacial score (nSPS) is 12.5. The molecule has 1 amide bonds. The predicted molar refractivity (Wildman–Crippen MR) is 95.4 cm³/mol. The second kappa shape index (κ2) is 6.10. The number of para-hydroxylation sites is 2. The van der Waals surface area contributed by atoms with Crippen molar-refractivity contribution in [3.63, 3.8) is 0 Å². The topological polar surface area (TPSA) is 110 Å². The van der Waals surface area contributed by atoms with Crippen LogP contribution in [0.4, 0.5) is 0 Å². The molecule has 0 bridgehead atoms. The second-order valence-electron chi connectivity index (χ2n) is 6.11. The molecule has 3 heterocycles. The highest BCUT2D eigenvalue weighted by Crippen LogP contribution is 2.15. The maximum Gasteiger partial charge on any atom is 0.264 e. The number of rotatable bonds is 4. The molecule has 132 valence electrons. The highest BCUT2D eigenvalue weighted by molar-refractivity contribution is 5.78. The third-order valence-corrected chi connectivity index (χ3v) is 4.23. The van der Waals surface area contributed by atoms with Crippen molar-refractivity contribution in [1.29, 1.82) is 0 Å². The number of amides is 1. The summed E-state index contributed by atoms with van der Waals surface area (Å²) in [5.41, 5.74) is 1.94. The predicted octanol–water partition coefficient (Wildman–Crippen LogP) is 0.884. The molecule has 0 saturated carbocycles. The zero-order chi connectivity index (χ0) is 18.3. The molecule has 1 aromatic carbocycles. The molecular weight excluding hydrogens is 334 g/mol. The second-order valence-corrected chi connectivity index (χ2v) is 6.11. The van der Waals surface area contributed by atoms with Gasteiger partial charge in [-0.25, -0.2) is 9.97 Å². The van der Waals surface area contributed by atoms with Gasteiger partial charge in [-0.15, -0.1) is 0 Å². The van der Waals surface area contributed by atoms with Gasteiger partial charge in [-0.2, -0.15) is 5.10 Å². The fraction of sp³-hybridized carbons (Fsp3) is 0.235. The number of H-pyrrole nitrogens is 1. The number of carbonyl (C=O) groups is 1. The van der Waals surface area contributed by atoms with Crippen molar-refractivity contribution in [1.82, 2.24) is 34.6 Å². The van der Waals surface area contributed by atoms with E-state index in [4.69, 9.17) is 0 Å². The van der Waals surface area contributed by atoms with Gasteiger partial charge in [0.05, 0.1) is 23.3 Å². The van der Waals surface area contributed by atoms with Gasteiger partial charge in [-0.1, -0.05) is 12.1 Å². The van der Waals surface area contributed by atoms with Crippen LogP contribution in [-0.4, -0.2) is 35.2 Å². The molecule has 0 aliphatic rings. The molecule has 0 spiro atoms. The standard InChI is InChI=1S/C17H17N7O2/c1-10(15-21-12-5-3-4-6-13(12)22-15)20-14(25)8-24-9-18-16-11(17(24)26)7-19-23(16)2/h3-7,9-10H,8H2,1-2H3,(H,20,25)(H,21,22). The molecule has 9 nitrogen and oxygen atoms in total. The Hall–Kier alpha value is -3.49. The van der Waals surface area contributed by atoms with Crippen LogP contribution in [0.25, 0.3) is 22.1 Å². The Labute approximate surface area is 147 Å². The van der Waals surface area contributed by atoms with Crippen LogP contribution >= 0.6 is 0 Å². The van der Waals surface area contributed by atoms with E-state index in [0.29, 0.717) is 16.9 Å². The average Bonchev–Trinajstić information content (AvgIpc) is 3.21. The minimum atomic E-state index is -0.319. The summed E-state index contributed by atoms with van der Waals surface area (Å²) in [6, 6.07) is 7.33. The lowest BCUT2D eigenvalue weighted by atomic mass is 10.3. The third-order valence-electron chi connectivity index (χ3n) is 4.23. The minimum Gasteiger partial charge on any atom is -0.345 e. The van der Waals surface area contributed by atoms with Crippen LogP contribution in [0.15, 0.2) is 41.6 Å². The summed E-state index contributed by atoms with van der Waals surface area (Å²) in [5, 5.41) is 7.24. The van der Waals surface area contributed by atoms with E-state index < -0.39 is 0 Å². The number of imidazole rings is 1. The van der Waals surface area contributed by atoms with E-state index in [1.165, 1.54) is 21.8 Å². The molecule has 4 rings (SSSR count). The number of fused-ring (bicyclic) bond motifs is 2. The Morgan fingerprint density at radius 2 is 2.15 bits per heavy atom. The first-order valence-electron chi connectivity index (χ1n) is 8.14. The van der Waals surface area contributed by atoms with Gasteiger partial charge >= 0.3 is 0 Å². The lowest BCUT2D eigenvalue weighted by Gasteiger charge is -2.12. The van der Waals surface area contributed by atoms with Crippen molar-refractivity contribution in [2.24, 2.45) is 7.05 Å². The quantitative estimate of drug-likeness (QED) is 0.567. The first kappa shape index (κ1) is 16.0. The molecule has 2 N–H and O–H groups in total. The molecule has 0 radical (unpaired) electrons. The lowest BCUT2D eigenvalue weighted by Crippen LogP contribution is -2.34. The Bertz CT molecular complexity index is 1140. The summed E-state index contributed by atoms with van der Waals surface area (Å²) in [6.45, 7) is 1.71. The molecule has 0 fully saturated rings. The molecular formula is C17H17N7O2. The Kier molecular flexibility index (Phi) is 3.76. The lowest BCUT2D eigenvalue weighted by molar-refractivity contribution is -0.122. The van der Waals surface area contributed by atoms with E-state index in [1.54, 1.807) is 7.05 Å². The van der Waals surface area contributed by atoms with Crippen molar-refractivity contribution in [3.05, 3.63) is 53.0 Å². The summed E-state index contributed by atoms with van der Waals surface area (Å²) in [4.78, 5) is 36.6. The number of carbonyl (C=O) groups excluding carboxylic acids is 1. The highest BCUT2D eigenvalue weighted by Gasteiger charge is 2.15. The average molecular weight is 351 g/mol. The Morgan fingerprint density at radius 3 is 2.96 bits per heavy atom. The molecule has 0 aliphatic heterocycles. The van der Waals surface area contributed by atoms with E-state index in [1.807, 2.05) is 31.2 Å². The maximum absolute atomic E-state index is 12.4. The third kappa shape index (κ3) is 2.73. The van der Waals surface area contributed by atoms with Crippen LogP contribution in [0.1, 0.15) is 18.8 Å². The first-order chi connectivity index (χ1) is 12.5. The Morgan fingerprint density at radius 1 is 1.35 bits per heavy atom. The van der Waals surface area contributed by atoms with E-state index in [0.717, 1.165) is 11.0 Å². The molecule has 1 atom stereocenters. The number of nitrogens with zero attached hydrogens (tertiary/aromatic N) is 5. The summed E-state index contributed by atoms with van der Waals surface area (Å²) >= 11 is 0. The van der Waals surface area contributed by atoms with Crippen LogP contribution in [0, 0.1) is 0 Å². The Balaban J connectivity index is 1.51. The highest BCUT2D eigenvalue weighted by atomic mass is 16.2. The molecule has 0 aliphatic carbocycles. The summed E-state index contributed by atoms with van der Waals surface area (Å²) in [5.74, 6) is 0.359. The molecule has 0 saturated heterocycles. The van der Waals surface area contributed by atoms with Gasteiger partial charge in [0.1, 0.15) is 24.1 Å². The monoisotopic (exact) mass is 351 g/mol. The van der Waals surface area contributed by atoms with E-state index in [2.05, 4.69) is 25.4 Å². The van der Waals surface area contributed by atoms with Gasteiger partial charge in [-0.05, 0) is 19.1 Å². The van der Waals surface area contributed by atoms with E-state index >= 15 is 0 Å². The fourth-order valence-electron chi connectivity index (χ4n) is 2.87. The summed E-state index contributed by atoms with van der Waals surface area (Å²) in [6.07, 6.45) is 2.81. The van der Waals surface area contributed by atoms with Crippen molar-refractivity contribution in [2.75, 3.05) is 0 Å². The SMILES string of the molecule is CC(NC(=O)Cn1cnc2c(cnn2C)c1=O)c1nc2ccccc2[nH]1. The molecule has 4 aromatic rings. The largest absolute Gasteiger partial charge is 0.345 e. The molecule has 26 heavy (non-hydrogen) atoms. The number of hydrogen-bond donors (Lipinski definition) is 2. The first-order valence-corrected chi connectivity index (χ1v) is 8.14. The zero-order valence-electron chi connectivity index (χ0n) is 14.3. The van der Waals surface area contributed by atoms with Crippen molar-refractivity contribution in [2.45, 2.75) is 19.5 Å². The van der Waals surface area contributed by atoms with Crippen LogP contribution in [0.3, 0.4) is 0 Å². The zero-order valence-corrected chi connectivity index (χ0v) is 14.3. The molecule has 9 heteroatoms. The van der Waals surface area contributed by atoms with Crippen LogP contribution in [0.5, 0.6) is 0 Å². The molecule has 1 unspecified atom stereocenters. The number of aromatic nitrogens is 6. The van der Waals surface area contributed by atoms with Gasteiger partial charge in [0, 0.05) is 7.05 Å². The fourth-order valence-corrected chi connectivity index (χ4v) is 2.87. The van der Waals surface area contributed by atoms with Gasteiger partial charge in [0.15, 0.2) is 5.65 Å². The summed E-state index contributed by atoms with van der Waals surface area (Å²) < 4.78 is 2.79. The number of aryl methyl sites for hydroxylation is 1. The van der Waals surface area contributed by atoms with Crippen LogP contribution in [0.2, 0.25) is 0 Å².